The van der Waals surface area contributed by atoms with Crippen molar-refractivity contribution in [3.8, 4) is 11.5 Å². The first-order valence-electron chi connectivity index (χ1n) is 9.09. The van der Waals surface area contributed by atoms with Gasteiger partial charge in [-0.25, -0.2) is 5.32 Å². The first-order chi connectivity index (χ1) is 14.1. The topological polar surface area (TPSA) is 41.8 Å². The summed E-state index contributed by atoms with van der Waals surface area (Å²) in [5, 5.41) is 4.25. The zero-order valence-electron chi connectivity index (χ0n) is 15.5. The SMILES string of the molecule is FC(F)(F)Oc1ccc(C(OC2CC[N]CC2)c2ccc(OC(F)(F)F)cc2)cc1. The van der Waals surface area contributed by atoms with Crippen molar-refractivity contribution in [1.82, 2.24) is 5.32 Å². The molecule has 0 unspecified atom stereocenters. The zero-order valence-corrected chi connectivity index (χ0v) is 15.5. The Kier molecular flexibility index (Phi) is 6.77. The van der Waals surface area contributed by atoms with Gasteiger partial charge in [0, 0.05) is 13.1 Å². The van der Waals surface area contributed by atoms with Gasteiger partial charge >= 0.3 is 12.7 Å². The van der Waals surface area contributed by atoms with E-state index in [-0.39, 0.29) is 17.6 Å². The van der Waals surface area contributed by atoms with E-state index in [4.69, 9.17) is 4.74 Å². The quantitative estimate of drug-likeness (QED) is 0.575. The molecule has 2 aromatic carbocycles. The molecule has 1 aliphatic heterocycles. The summed E-state index contributed by atoms with van der Waals surface area (Å²) in [7, 11) is 0. The first-order valence-corrected chi connectivity index (χ1v) is 9.09. The molecule has 0 spiro atoms. The third-order valence-corrected chi connectivity index (χ3v) is 4.38. The van der Waals surface area contributed by atoms with Gasteiger partial charge in [-0.2, -0.15) is 0 Å². The van der Waals surface area contributed by atoms with Crippen molar-refractivity contribution >= 4 is 0 Å². The Morgan fingerprint density at radius 3 is 1.47 bits per heavy atom. The number of ether oxygens (including phenoxy) is 3. The number of halogens is 6. The van der Waals surface area contributed by atoms with Crippen molar-refractivity contribution in [2.45, 2.75) is 37.8 Å². The largest absolute Gasteiger partial charge is 0.573 e. The Balaban J connectivity index is 1.83. The van der Waals surface area contributed by atoms with Crippen LogP contribution in [0.5, 0.6) is 11.5 Å². The molecule has 0 N–H and O–H groups in total. The summed E-state index contributed by atoms with van der Waals surface area (Å²) in [6.07, 6.45) is -9.07. The maximum absolute atomic E-state index is 12.4. The Bertz CT molecular complexity index is 740. The molecular formula is C20H18F6NO3. The monoisotopic (exact) mass is 434 g/mol. The van der Waals surface area contributed by atoms with E-state index in [0.29, 0.717) is 37.1 Å². The number of piperidine rings is 1. The Labute approximate surface area is 168 Å². The van der Waals surface area contributed by atoms with Crippen LogP contribution in [0.1, 0.15) is 30.1 Å². The predicted molar refractivity (Wildman–Crippen MR) is 94.1 cm³/mol. The van der Waals surface area contributed by atoms with E-state index in [1.807, 2.05) is 0 Å². The van der Waals surface area contributed by atoms with Gasteiger partial charge in [-0.3, -0.25) is 0 Å². The molecule has 10 heteroatoms. The molecule has 1 saturated heterocycles. The van der Waals surface area contributed by atoms with E-state index < -0.39 is 18.8 Å². The molecule has 1 heterocycles. The highest BCUT2D eigenvalue weighted by Gasteiger charge is 2.32. The molecule has 0 bridgehead atoms. The minimum Gasteiger partial charge on any atom is -0.406 e. The summed E-state index contributed by atoms with van der Waals surface area (Å²) in [5.41, 5.74) is 1.08. The molecule has 0 atom stereocenters. The summed E-state index contributed by atoms with van der Waals surface area (Å²) in [4.78, 5) is 0. The van der Waals surface area contributed by atoms with E-state index in [9.17, 15) is 26.3 Å². The van der Waals surface area contributed by atoms with Crippen LogP contribution in [0.25, 0.3) is 0 Å². The van der Waals surface area contributed by atoms with Crippen LogP contribution < -0.4 is 14.8 Å². The summed E-state index contributed by atoms with van der Waals surface area (Å²) < 4.78 is 88.2. The number of alkyl halides is 6. The molecular weight excluding hydrogens is 416 g/mol. The Morgan fingerprint density at radius 1 is 0.700 bits per heavy atom. The van der Waals surface area contributed by atoms with Crippen LogP contribution in [0, 0.1) is 0 Å². The highest BCUT2D eigenvalue weighted by molar-refractivity contribution is 5.37. The molecule has 30 heavy (non-hydrogen) atoms. The van der Waals surface area contributed by atoms with Gasteiger partial charge in [-0.05, 0) is 48.2 Å². The van der Waals surface area contributed by atoms with E-state index in [1.165, 1.54) is 24.3 Å². The van der Waals surface area contributed by atoms with Crippen molar-refractivity contribution < 1.29 is 40.6 Å². The van der Waals surface area contributed by atoms with Gasteiger partial charge in [0.15, 0.2) is 0 Å². The van der Waals surface area contributed by atoms with Crippen LogP contribution in [0.2, 0.25) is 0 Å². The highest BCUT2D eigenvalue weighted by Crippen LogP contribution is 2.33. The predicted octanol–water partition coefficient (Wildman–Crippen LogP) is 5.36. The van der Waals surface area contributed by atoms with Gasteiger partial charge in [-0.1, -0.05) is 24.3 Å². The fourth-order valence-corrected chi connectivity index (χ4v) is 3.09. The van der Waals surface area contributed by atoms with E-state index in [1.54, 1.807) is 0 Å². The minimum absolute atomic E-state index is 0.135. The fourth-order valence-electron chi connectivity index (χ4n) is 3.09. The van der Waals surface area contributed by atoms with Gasteiger partial charge in [0.25, 0.3) is 0 Å². The third kappa shape index (κ3) is 6.81. The average Bonchev–Trinajstić information content (AvgIpc) is 2.66. The van der Waals surface area contributed by atoms with Gasteiger partial charge in [-0.15, -0.1) is 26.3 Å². The summed E-state index contributed by atoms with van der Waals surface area (Å²) in [6.45, 7) is 1.27. The van der Waals surface area contributed by atoms with Crippen LogP contribution in [-0.4, -0.2) is 31.9 Å². The van der Waals surface area contributed by atoms with Crippen molar-refractivity contribution in [3.63, 3.8) is 0 Å². The van der Waals surface area contributed by atoms with E-state index in [2.05, 4.69) is 14.8 Å². The van der Waals surface area contributed by atoms with Crippen LogP contribution in [0.4, 0.5) is 26.3 Å². The average molecular weight is 434 g/mol. The van der Waals surface area contributed by atoms with Gasteiger partial charge in [0.1, 0.15) is 17.6 Å². The second-order valence-corrected chi connectivity index (χ2v) is 6.62. The van der Waals surface area contributed by atoms with E-state index in [0.717, 1.165) is 24.3 Å². The highest BCUT2D eigenvalue weighted by atomic mass is 19.4. The van der Waals surface area contributed by atoms with Crippen molar-refractivity contribution in [2.75, 3.05) is 13.1 Å². The zero-order chi connectivity index (χ0) is 21.8. The number of hydrogen-bond donors (Lipinski definition) is 0. The molecule has 2 aromatic rings. The first kappa shape index (κ1) is 22.2. The number of rotatable bonds is 6. The number of nitrogens with zero attached hydrogens (tertiary/aromatic N) is 1. The maximum atomic E-state index is 12.4. The number of benzene rings is 2. The normalized spacial score (nSPS) is 16.0. The molecule has 163 valence electrons. The van der Waals surface area contributed by atoms with Crippen LogP contribution in [0.15, 0.2) is 48.5 Å². The molecule has 4 nitrogen and oxygen atoms in total. The van der Waals surface area contributed by atoms with Gasteiger partial charge in [0.05, 0.1) is 6.10 Å². The van der Waals surface area contributed by atoms with Crippen molar-refractivity contribution in [3.05, 3.63) is 59.7 Å². The molecule has 0 saturated carbocycles. The van der Waals surface area contributed by atoms with Crippen molar-refractivity contribution in [1.29, 1.82) is 0 Å². The Morgan fingerprint density at radius 2 is 1.10 bits per heavy atom. The van der Waals surface area contributed by atoms with Crippen LogP contribution in [-0.2, 0) is 4.74 Å². The van der Waals surface area contributed by atoms with Gasteiger partial charge < -0.3 is 14.2 Å². The lowest BCUT2D eigenvalue weighted by Gasteiger charge is -2.28. The lowest BCUT2D eigenvalue weighted by atomic mass is 10.00. The third-order valence-electron chi connectivity index (χ3n) is 4.38. The lowest BCUT2D eigenvalue weighted by Crippen LogP contribution is -2.29. The second kappa shape index (κ2) is 9.13. The molecule has 0 amide bonds. The molecule has 0 aromatic heterocycles. The molecule has 1 fully saturated rings. The smallest absolute Gasteiger partial charge is 0.406 e. The summed E-state index contributed by atoms with van der Waals surface area (Å²) in [6, 6.07) is 10.4. The van der Waals surface area contributed by atoms with Crippen LogP contribution >= 0.6 is 0 Å². The molecule has 3 rings (SSSR count). The summed E-state index contributed by atoms with van der Waals surface area (Å²) in [5.74, 6) is -0.759. The minimum atomic E-state index is -4.81. The standard InChI is InChI=1S/C20H18F6NO3/c21-19(22,23)29-16-5-1-13(2-6-16)18(28-15-9-11-27-12-10-15)14-3-7-17(8-4-14)30-20(24,25)26/h1-8,15,18H,9-12H2. The maximum Gasteiger partial charge on any atom is 0.573 e. The van der Waals surface area contributed by atoms with E-state index >= 15 is 0 Å². The fraction of sp³-hybridized carbons (Fsp3) is 0.400. The van der Waals surface area contributed by atoms with Crippen LogP contribution in [0.3, 0.4) is 0 Å². The molecule has 1 aliphatic rings. The molecule has 1 radical (unpaired) electrons. The molecule has 0 aliphatic carbocycles. The second-order valence-electron chi connectivity index (χ2n) is 6.62. The Hall–Kier alpha value is -2.46. The van der Waals surface area contributed by atoms with Gasteiger partial charge in [0.2, 0.25) is 0 Å². The van der Waals surface area contributed by atoms with Crippen molar-refractivity contribution in [2.24, 2.45) is 0 Å². The summed E-state index contributed by atoms with van der Waals surface area (Å²) >= 11 is 0. The number of hydrogen-bond acceptors (Lipinski definition) is 3. The lowest BCUT2D eigenvalue weighted by molar-refractivity contribution is -0.275.